The van der Waals surface area contributed by atoms with Crippen molar-refractivity contribution in [2.24, 2.45) is 0 Å². The van der Waals surface area contributed by atoms with Crippen molar-refractivity contribution < 1.29 is 13.2 Å². The fourth-order valence-corrected chi connectivity index (χ4v) is 1.11. The van der Waals surface area contributed by atoms with Gasteiger partial charge in [0.25, 0.3) is 0 Å². The van der Waals surface area contributed by atoms with Crippen molar-refractivity contribution in [2.75, 3.05) is 0 Å². The largest absolute Gasteiger partial charge is 0.389 e. The van der Waals surface area contributed by atoms with Crippen LogP contribution in [0.15, 0.2) is 0 Å². The Hall–Kier alpha value is -0.850. The van der Waals surface area contributed by atoms with Crippen LogP contribution in [0.1, 0.15) is 18.7 Å². The highest BCUT2D eigenvalue weighted by Crippen LogP contribution is 2.21. The standard InChI is InChI=1S/C6H8ClF3N4/c7-4-5-11-12-13-14(5)3-1-2-6(8,9)10/h1-4H2. The number of rotatable bonds is 4. The van der Waals surface area contributed by atoms with E-state index in [1.165, 1.54) is 4.68 Å². The van der Waals surface area contributed by atoms with E-state index in [4.69, 9.17) is 11.6 Å². The molecule has 14 heavy (non-hydrogen) atoms. The first-order chi connectivity index (χ1) is 6.53. The number of halogens is 4. The van der Waals surface area contributed by atoms with E-state index in [-0.39, 0.29) is 18.8 Å². The van der Waals surface area contributed by atoms with Crippen LogP contribution in [-0.4, -0.2) is 26.4 Å². The summed E-state index contributed by atoms with van der Waals surface area (Å²) in [5, 5.41) is 10.4. The maximum Gasteiger partial charge on any atom is 0.389 e. The molecule has 0 unspecified atom stereocenters. The fraction of sp³-hybridized carbons (Fsp3) is 0.833. The minimum Gasteiger partial charge on any atom is -0.228 e. The van der Waals surface area contributed by atoms with Crippen molar-refractivity contribution in [3.8, 4) is 0 Å². The maximum atomic E-state index is 11.8. The molecular weight excluding hydrogens is 221 g/mol. The molecule has 1 heterocycles. The molecule has 1 aromatic heterocycles. The number of aryl methyl sites for hydroxylation is 1. The lowest BCUT2D eigenvalue weighted by molar-refractivity contribution is -0.136. The summed E-state index contributed by atoms with van der Waals surface area (Å²) in [6, 6.07) is 0. The van der Waals surface area contributed by atoms with Gasteiger partial charge >= 0.3 is 6.18 Å². The van der Waals surface area contributed by atoms with E-state index in [2.05, 4.69) is 15.5 Å². The third kappa shape index (κ3) is 3.49. The van der Waals surface area contributed by atoms with Gasteiger partial charge in [0.15, 0.2) is 5.82 Å². The molecule has 8 heteroatoms. The maximum absolute atomic E-state index is 11.8. The Kier molecular flexibility index (Phi) is 3.68. The quantitative estimate of drug-likeness (QED) is 0.738. The molecule has 0 spiro atoms. The van der Waals surface area contributed by atoms with E-state index >= 15 is 0 Å². The predicted molar refractivity (Wildman–Crippen MR) is 42.7 cm³/mol. The number of aromatic nitrogens is 4. The Bertz CT molecular complexity index is 285. The SMILES string of the molecule is FC(F)(F)CCCn1nnnc1CCl. The van der Waals surface area contributed by atoms with Gasteiger partial charge in [-0.15, -0.1) is 16.7 Å². The number of hydrogen-bond acceptors (Lipinski definition) is 3. The number of tetrazole rings is 1. The van der Waals surface area contributed by atoms with Gasteiger partial charge in [-0.25, -0.2) is 4.68 Å². The van der Waals surface area contributed by atoms with Gasteiger partial charge in [-0.05, 0) is 16.8 Å². The Balaban J connectivity index is 2.38. The van der Waals surface area contributed by atoms with E-state index in [0.29, 0.717) is 5.82 Å². The first-order valence-corrected chi connectivity index (χ1v) is 4.44. The van der Waals surface area contributed by atoms with Crippen LogP contribution < -0.4 is 0 Å². The molecule has 0 N–H and O–H groups in total. The molecule has 0 atom stereocenters. The molecule has 0 saturated carbocycles. The van der Waals surface area contributed by atoms with Crippen molar-refractivity contribution in [1.82, 2.24) is 20.2 Å². The van der Waals surface area contributed by atoms with Crippen molar-refractivity contribution in [3.05, 3.63) is 5.82 Å². The van der Waals surface area contributed by atoms with Crippen molar-refractivity contribution >= 4 is 11.6 Å². The topological polar surface area (TPSA) is 43.6 Å². The summed E-state index contributed by atoms with van der Waals surface area (Å²) >= 11 is 5.46. The normalized spacial score (nSPS) is 12.0. The lowest BCUT2D eigenvalue weighted by Gasteiger charge is -2.05. The van der Waals surface area contributed by atoms with Crippen LogP contribution in [0.2, 0.25) is 0 Å². The summed E-state index contributed by atoms with van der Waals surface area (Å²) in [6.07, 6.45) is -5.01. The molecular formula is C6H8ClF3N4. The third-order valence-corrected chi connectivity index (χ3v) is 1.79. The van der Waals surface area contributed by atoms with Gasteiger partial charge in [0.2, 0.25) is 0 Å². The second-order valence-corrected chi connectivity index (χ2v) is 2.94. The molecule has 0 bridgehead atoms. The summed E-state index contributed by atoms with van der Waals surface area (Å²) in [6.45, 7) is 0.133. The zero-order valence-corrected chi connectivity index (χ0v) is 7.89. The minimum absolute atomic E-state index is 0.0432. The summed E-state index contributed by atoms with van der Waals surface area (Å²) in [5.74, 6) is 0.479. The van der Waals surface area contributed by atoms with Gasteiger partial charge in [0.05, 0.1) is 5.88 Å². The number of nitrogens with zero attached hydrogens (tertiary/aromatic N) is 4. The van der Waals surface area contributed by atoms with Gasteiger partial charge in [-0.1, -0.05) is 0 Å². The molecule has 4 nitrogen and oxygen atoms in total. The molecule has 0 radical (unpaired) electrons. The number of alkyl halides is 4. The highest BCUT2D eigenvalue weighted by atomic mass is 35.5. The monoisotopic (exact) mass is 228 g/mol. The van der Waals surface area contributed by atoms with Gasteiger partial charge in [-0.2, -0.15) is 13.2 Å². The Morgan fingerprint density at radius 1 is 1.36 bits per heavy atom. The molecule has 0 aromatic carbocycles. The second-order valence-electron chi connectivity index (χ2n) is 2.67. The molecule has 0 amide bonds. The molecule has 0 aliphatic heterocycles. The van der Waals surface area contributed by atoms with Crippen LogP contribution in [-0.2, 0) is 12.4 Å². The molecule has 0 fully saturated rings. The second kappa shape index (κ2) is 4.59. The molecule has 1 rings (SSSR count). The van der Waals surface area contributed by atoms with E-state index < -0.39 is 12.6 Å². The van der Waals surface area contributed by atoms with Crippen molar-refractivity contribution in [2.45, 2.75) is 31.4 Å². The lowest BCUT2D eigenvalue weighted by atomic mass is 10.3. The summed E-state index contributed by atoms with van der Waals surface area (Å²) in [5.41, 5.74) is 0. The lowest BCUT2D eigenvalue weighted by Crippen LogP contribution is -2.11. The predicted octanol–water partition coefficient (Wildman–Crippen LogP) is 1.75. The van der Waals surface area contributed by atoms with Crippen LogP contribution >= 0.6 is 11.6 Å². The Morgan fingerprint density at radius 2 is 2.07 bits per heavy atom. The molecule has 0 aliphatic rings. The van der Waals surface area contributed by atoms with Crippen LogP contribution in [0.4, 0.5) is 13.2 Å². The molecule has 0 aliphatic carbocycles. The average molecular weight is 229 g/mol. The van der Waals surface area contributed by atoms with E-state index in [1.807, 2.05) is 0 Å². The van der Waals surface area contributed by atoms with E-state index in [9.17, 15) is 13.2 Å². The van der Waals surface area contributed by atoms with Gasteiger partial charge < -0.3 is 0 Å². The van der Waals surface area contributed by atoms with E-state index in [0.717, 1.165) is 0 Å². The first-order valence-electron chi connectivity index (χ1n) is 3.90. The van der Waals surface area contributed by atoms with Gasteiger partial charge in [0, 0.05) is 13.0 Å². The van der Waals surface area contributed by atoms with Crippen LogP contribution in [0.5, 0.6) is 0 Å². The Morgan fingerprint density at radius 3 is 2.64 bits per heavy atom. The Labute approximate surface area is 83.0 Å². The third-order valence-electron chi connectivity index (χ3n) is 1.56. The average Bonchev–Trinajstić information content (AvgIpc) is 2.49. The molecule has 80 valence electrons. The summed E-state index contributed by atoms with van der Waals surface area (Å²) < 4.78 is 36.6. The van der Waals surface area contributed by atoms with Crippen molar-refractivity contribution in [1.29, 1.82) is 0 Å². The highest BCUT2D eigenvalue weighted by molar-refractivity contribution is 6.16. The highest BCUT2D eigenvalue weighted by Gasteiger charge is 2.26. The van der Waals surface area contributed by atoms with Crippen molar-refractivity contribution in [3.63, 3.8) is 0 Å². The fourth-order valence-electron chi connectivity index (χ4n) is 0.922. The van der Waals surface area contributed by atoms with Crippen LogP contribution in [0.25, 0.3) is 0 Å². The molecule has 1 aromatic rings. The first kappa shape index (κ1) is 11.2. The van der Waals surface area contributed by atoms with Crippen LogP contribution in [0, 0.1) is 0 Å². The number of hydrogen-bond donors (Lipinski definition) is 0. The smallest absolute Gasteiger partial charge is 0.228 e. The zero-order valence-electron chi connectivity index (χ0n) is 7.13. The van der Waals surface area contributed by atoms with Crippen LogP contribution in [0.3, 0.4) is 0 Å². The summed E-state index contributed by atoms with van der Waals surface area (Å²) in [7, 11) is 0. The van der Waals surface area contributed by atoms with E-state index in [1.54, 1.807) is 0 Å². The minimum atomic E-state index is -4.13. The van der Waals surface area contributed by atoms with Gasteiger partial charge in [-0.3, -0.25) is 0 Å². The van der Waals surface area contributed by atoms with Gasteiger partial charge in [0.1, 0.15) is 0 Å². The summed E-state index contributed by atoms with van der Waals surface area (Å²) in [4.78, 5) is 0. The molecule has 0 saturated heterocycles. The zero-order chi connectivity index (χ0) is 10.6.